The van der Waals surface area contributed by atoms with Gasteiger partial charge in [-0.15, -0.1) is 0 Å². The fourth-order valence-electron chi connectivity index (χ4n) is 1.68. The van der Waals surface area contributed by atoms with Crippen LogP contribution >= 0.6 is 15.9 Å². The number of carboxylic acid groups (broad SMARTS) is 1. The number of carbonyl (C=O) groups is 1. The maximum Gasteiger partial charge on any atom is 0.335 e. The van der Waals surface area contributed by atoms with E-state index in [1.807, 2.05) is 0 Å². The highest BCUT2D eigenvalue weighted by Crippen LogP contribution is 2.26. The minimum absolute atomic E-state index is 0.0546. The molecule has 2 rings (SSSR count). The fourth-order valence-corrected chi connectivity index (χ4v) is 3.76. The van der Waals surface area contributed by atoms with E-state index in [0.717, 1.165) is 10.4 Å². The third-order valence-corrected chi connectivity index (χ3v) is 5.59. The molecular weight excluding hydrogens is 362 g/mol. The van der Waals surface area contributed by atoms with E-state index >= 15 is 0 Å². The summed E-state index contributed by atoms with van der Waals surface area (Å²) in [6.07, 6.45) is 3.12. The van der Waals surface area contributed by atoms with Crippen molar-refractivity contribution in [2.24, 2.45) is 0 Å². The van der Waals surface area contributed by atoms with Crippen LogP contribution in [0.2, 0.25) is 0 Å². The van der Waals surface area contributed by atoms with E-state index in [2.05, 4.69) is 25.9 Å². The molecule has 0 aliphatic carbocycles. The molecular formula is C12H12BrN3O4S. The number of carboxylic acids is 1. The van der Waals surface area contributed by atoms with E-state index in [-0.39, 0.29) is 17.0 Å². The number of nitrogens with zero attached hydrogens (tertiary/aromatic N) is 2. The standard InChI is InChI=1S/C12H12BrN3O4S/c1-16(7-11-14-4-5-15-11)21(19,20)10-6-8(12(17)18)2-3-9(10)13/h2-6H,7H2,1H3,(H,14,15)(H,17,18). The highest BCUT2D eigenvalue weighted by molar-refractivity contribution is 9.10. The number of aromatic amines is 1. The molecule has 21 heavy (non-hydrogen) atoms. The number of H-pyrrole nitrogens is 1. The van der Waals surface area contributed by atoms with Crippen LogP contribution in [0.3, 0.4) is 0 Å². The largest absolute Gasteiger partial charge is 0.478 e. The molecule has 0 spiro atoms. The van der Waals surface area contributed by atoms with Crippen LogP contribution in [0.4, 0.5) is 0 Å². The summed E-state index contributed by atoms with van der Waals surface area (Å²) in [4.78, 5) is 17.7. The second-order valence-corrected chi connectivity index (χ2v) is 7.11. The SMILES string of the molecule is CN(Cc1ncc[nH]1)S(=O)(=O)c1cc(C(=O)O)ccc1Br. The number of imidazole rings is 1. The number of halogens is 1. The van der Waals surface area contributed by atoms with Gasteiger partial charge in [-0.3, -0.25) is 0 Å². The van der Waals surface area contributed by atoms with Crippen LogP contribution in [0.25, 0.3) is 0 Å². The summed E-state index contributed by atoms with van der Waals surface area (Å²) in [5.74, 6) is -0.695. The highest BCUT2D eigenvalue weighted by Gasteiger charge is 2.25. The lowest BCUT2D eigenvalue weighted by atomic mass is 10.2. The minimum Gasteiger partial charge on any atom is -0.478 e. The van der Waals surface area contributed by atoms with E-state index < -0.39 is 16.0 Å². The molecule has 1 heterocycles. The third-order valence-electron chi connectivity index (χ3n) is 2.79. The van der Waals surface area contributed by atoms with Crippen LogP contribution < -0.4 is 0 Å². The number of nitrogens with one attached hydrogen (secondary N) is 1. The van der Waals surface area contributed by atoms with Crippen LogP contribution in [0.15, 0.2) is 40.0 Å². The lowest BCUT2D eigenvalue weighted by Crippen LogP contribution is -2.27. The maximum atomic E-state index is 12.5. The summed E-state index contributed by atoms with van der Waals surface area (Å²) in [6, 6.07) is 3.86. The molecule has 2 N–H and O–H groups in total. The number of rotatable bonds is 5. The van der Waals surface area contributed by atoms with E-state index in [0.29, 0.717) is 10.3 Å². The summed E-state index contributed by atoms with van der Waals surface area (Å²) in [5, 5.41) is 8.97. The zero-order valence-corrected chi connectivity index (χ0v) is 13.3. The summed E-state index contributed by atoms with van der Waals surface area (Å²) in [7, 11) is -2.44. The average molecular weight is 374 g/mol. The Hall–Kier alpha value is -1.71. The normalized spacial score (nSPS) is 11.8. The number of aromatic nitrogens is 2. The van der Waals surface area contributed by atoms with Gasteiger partial charge >= 0.3 is 5.97 Å². The first-order valence-electron chi connectivity index (χ1n) is 5.80. The summed E-state index contributed by atoms with van der Waals surface area (Å²) >= 11 is 3.14. The zero-order chi connectivity index (χ0) is 15.6. The van der Waals surface area contributed by atoms with Crippen molar-refractivity contribution in [2.45, 2.75) is 11.4 Å². The van der Waals surface area contributed by atoms with Gasteiger partial charge in [0.25, 0.3) is 0 Å². The molecule has 0 amide bonds. The molecule has 0 saturated carbocycles. The smallest absolute Gasteiger partial charge is 0.335 e. The topological polar surface area (TPSA) is 103 Å². The lowest BCUT2D eigenvalue weighted by Gasteiger charge is -2.17. The summed E-state index contributed by atoms with van der Waals surface area (Å²) < 4.78 is 26.4. The van der Waals surface area contributed by atoms with Gasteiger partial charge < -0.3 is 10.1 Å². The maximum absolute atomic E-state index is 12.5. The molecule has 0 radical (unpaired) electrons. The Morgan fingerprint density at radius 2 is 2.19 bits per heavy atom. The molecule has 7 nitrogen and oxygen atoms in total. The van der Waals surface area contributed by atoms with Gasteiger partial charge in [-0.05, 0) is 34.1 Å². The van der Waals surface area contributed by atoms with E-state index in [1.165, 1.54) is 25.4 Å². The van der Waals surface area contributed by atoms with Crippen molar-refractivity contribution in [2.75, 3.05) is 7.05 Å². The van der Waals surface area contributed by atoms with Gasteiger partial charge in [0.05, 0.1) is 17.0 Å². The Balaban J connectivity index is 2.38. The first kappa shape index (κ1) is 15.7. The Bertz CT molecular complexity index is 759. The molecule has 0 bridgehead atoms. The van der Waals surface area contributed by atoms with Gasteiger partial charge in [-0.2, -0.15) is 4.31 Å². The van der Waals surface area contributed by atoms with Crippen molar-refractivity contribution >= 4 is 31.9 Å². The van der Waals surface area contributed by atoms with Gasteiger partial charge in [-0.1, -0.05) is 0 Å². The van der Waals surface area contributed by atoms with Gasteiger partial charge in [0, 0.05) is 23.9 Å². The number of sulfonamides is 1. The van der Waals surface area contributed by atoms with E-state index in [1.54, 1.807) is 6.20 Å². The van der Waals surface area contributed by atoms with Crippen LogP contribution in [-0.4, -0.2) is 40.8 Å². The van der Waals surface area contributed by atoms with Gasteiger partial charge in [0.1, 0.15) is 5.82 Å². The zero-order valence-electron chi connectivity index (χ0n) is 10.9. The Labute approximate surface area is 129 Å². The van der Waals surface area contributed by atoms with Gasteiger partial charge in [0.15, 0.2) is 0 Å². The van der Waals surface area contributed by atoms with Crippen molar-refractivity contribution < 1.29 is 18.3 Å². The predicted octanol–water partition coefficient (Wildman–Crippen LogP) is 1.69. The molecule has 0 atom stereocenters. The molecule has 0 fully saturated rings. The Morgan fingerprint density at radius 3 is 2.76 bits per heavy atom. The predicted molar refractivity (Wildman–Crippen MR) is 78.3 cm³/mol. The molecule has 1 aromatic heterocycles. The van der Waals surface area contributed by atoms with Crippen molar-refractivity contribution in [1.29, 1.82) is 0 Å². The molecule has 0 aliphatic rings. The second-order valence-electron chi connectivity index (χ2n) is 4.25. The monoisotopic (exact) mass is 373 g/mol. The van der Waals surface area contributed by atoms with Crippen LogP contribution in [-0.2, 0) is 16.6 Å². The van der Waals surface area contributed by atoms with Gasteiger partial charge in [-0.25, -0.2) is 18.2 Å². The number of aromatic carboxylic acids is 1. The van der Waals surface area contributed by atoms with Crippen molar-refractivity contribution in [3.63, 3.8) is 0 Å². The van der Waals surface area contributed by atoms with Crippen molar-refractivity contribution in [1.82, 2.24) is 14.3 Å². The first-order valence-corrected chi connectivity index (χ1v) is 8.03. The molecule has 0 saturated heterocycles. The van der Waals surface area contributed by atoms with Crippen LogP contribution in [0.5, 0.6) is 0 Å². The first-order chi connectivity index (χ1) is 9.82. The average Bonchev–Trinajstić information content (AvgIpc) is 2.91. The van der Waals surface area contributed by atoms with E-state index in [4.69, 9.17) is 5.11 Å². The minimum atomic E-state index is -3.84. The third kappa shape index (κ3) is 3.31. The second kappa shape index (κ2) is 5.96. The fraction of sp³-hybridized carbons (Fsp3) is 0.167. The van der Waals surface area contributed by atoms with E-state index in [9.17, 15) is 13.2 Å². The Morgan fingerprint density at radius 1 is 1.48 bits per heavy atom. The molecule has 1 aromatic carbocycles. The van der Waals surface area contributed by atoms with Gasteiger partial charge in [0.2, 0.25) is 10.0 Å². The Kier molecular flexibility index (Phi) is 4.45. The molecule has 9 heteroatoms. The molecule has 112 valence electrons. The number of hydrogen-bond acceptors (Lipinski definition) is 4. The highest BCUT2D eigenvalue weighted by atomic mass is 79.9. The quantitative estimate of drug-likeness (QED) is 0.829. The summed E-state index contributed by atoms with van der Waals surface area (Å²) in [5.41, 5.74) is -0.0943. The molecule has 0 unspecified atom stereocenters. The molecule has 0 aliphatic heterocycles. The van der Waals surface area contributed by atoms with Crippen LogP contribution in [0, 0.1) is 0 Å². The lowest BCUT2D eigenvalue weighted by molar-refractivity contribution is 0.0696. The number of benzene rings is 1. The number of hydrogen-bond donors (Lipinski definition) is 2. The van der Waals surface area contributed by atoms with Crippen molar-refractivity contribution in [3.05, 3.63) is 46.5 Å². The summed E-state index contributed by atoms with van der Waals surface area (Å²) in [6.45, 7) is 0.0546. The molecule has 2 aromatic rings. The van der Waals surface area contributed by atoms with Crippen molar-refractivity contribution in [3.8, 4) is 0 Å². The van der Waals surface area contributed by atoms with Crippen LogP contribution in [0.1, 0.15) is 16.2 Å².